The predicted octanol–water partition coefficient (Wildman–Crippen LogP) is 1.01. The Morgan fingerprint density at radius 3 is 2.76 bits per heavy atom. The highest BCUT2D eigenvalue weighted by atomic mass is 16.5. The number of rotatable bonds is 5. The van der Waals surface area contributed by atoms with E-state index in [0.717, 1.165) is 62.8 Å². The van der Waals surface area contributed by atoms with E-state index in [1.165, 1.54) is 0 Å². The topological polar surface area (TPSA) is 58.8 Å². The monoisotopic (exact) mass is 295 g/mol. The fraction of sp³-hybridized carbons (Fsp3) is 0.733. The normalized spacial score (nSPS) is 17.0. The van der Waals surface area contributed by atoms with Crippen LogP contribution in [0.15, 0.2) is 4.52 Å². The fourth-order valence-electron chi connectivity index (χ4n) is 2.68. The molecule has 1 aliphatic heterocycles. The average molecular weight is 295 g/mol. The maximum Gasteiger partial charge on any atom is 0.227 e. The van der Waals surface area contributed by atoms with Crippen molar-refractivity contribution < 1.29 is 14.1 Å². The molecule has 2 heterocycles. The molecule has 1 aromatic rings. The molecular weight excluding hydrogens is 270 g/mol. The van der Waals surface area contributed by atoms with Crippen molar-refractivity contribution in [1.29, 1.82) is 0 Å². The van der Waals surface area contributed by atoms with Crippen LogP contribution in [-0.2, 0) is 16.0 Å². The zero-order valence-electron chi connectivity index (χ0n) is 13.2. The second-order valence-corrected chi connectivity index (χ2v) is 5.55. The number of ether oxygens (including phenoxy) is 1. The summed E-state index contributed by atoms with van der Waals surface area (Å²) in [7, 11) is 1.72. The standard InChI is InChI=1S/C15H25N3O3/c1-12-14(13(2)21-16-12)11-15(19)18-6-4-5-17(7-8-18)9-10-20-3/h4-11H2,1-3H3. The van der Waals surface area contributed by atoms with Crippen molar-refractivity contribution in [2.45, 2.75) is 26.7 Å². The zero-order valence-corrected chi connectivity index (χ0v) is 13.2. The lowest BCUT2D eigenvalue weighted by Gasteiger charge is -2.21. The van der Waals surface area contributed by atoms with Gasteiger partial charge in [-0.2, -0.15) is 0 Å². The first-order valence-corrected chi connectivity index (χ1v) is 7.52. The number of amides is 1. The Morgan fingerprint density at radius 2 is 2.10 bits per heavy atom. The number of carbonyl (C=O) groups excluding carboxylic acids is 1. The number of aromatic nitrogens is 1. The molecule has 1 fully saturated rings. The molecule has 0 N–H and O–H groups in total. The molecule has 0 aliphatic carbocycles. The van der Waals surface area contributed by atoms with Gasteiger partial charge in [-0.3, -0.25) is 9.69 Å². The molecule has 0 unspecified atom stereocenters. The number of aryl methyl sites for hydroxylation is 2. The van der Waals surface area contributed by atoms with Crippen LogP contribution < -0.4 is 0 Å². The minimum atomic E-state index is 0.165. The van der Waals surface area contributed by atoms with E-state index in [2.05, 4.69) is 10.1 Å². The van der Waals surface area contributed by atoms with E-state index in [9.17, 15) is 4.79 Å². The van der Waals surface area contributed by atoms with Gasteiger partial charge in [-0.15, -0.1) is 0 Å². The summed E-state index contributed by atoms with van der Waals surface area (Å²) >= 11 is 0. The third-order valence-electron chi connectivity index (χ3n) is 4.06. The van der Waals surface area contributed by atoms with Crippen molar-refractivity contribution in [2.24, 2.45) is 0 Å². The summed E-state index contributed by atoms with van der Waals surface area (Å²) in [5.41, 5.74) is 1.75. The smallest absolute Gasteiger partial charge is 0.227 e. The molecule has 2 rings (SSSR count). The number of methoxy groups -OCH3 is 1. The van der Waals surface area contributed by atoms with Crippen molar-refractivity contribution in [3.05, 3.63) is 17.0 Å². The van der Waals surface area contributed by atoms with Crippen molar-refractivity contribution >= 4 is 5.91 Å². The van der Waals surface area contributed by atoms with Crippen LogP contribution in [0.3, 0.4) is 0 Å². The SMILES string of the molecule is COCCN1CCCN(C(=O)Cc2c(C)noc2C)CC1. The molecule has 0 bridgehead atoms. The minimum Gasteiger partial charge on any atom is -0.383 e. The van der Waals surface area contributed by atoms with Gasteiger partial charge in [0.15, 0.2) is 0 Å². The van der Waals surface area contributed by atoms with Crippen LogP contribution in [0.1, 0.15) is 23.4 Å². The van der Waals surface area contributed by atoms with Crippen LogP contribution in [-0.4, -0.2) is 67.3 Å². The van der Waals surface area contributed by atoms with Crippen LogP contribution in [0, 0.1) is 13.8 Å². The predicted molar refractivity (Wildman–Crippen MR) is 79.2 cm³/mol. The van der Waals surface area contributed by atoms with E-state index in [1.807, 2.05) is 18.7 Å². The number of nitrogens with zero attached hydrogens (tertiary/aromatic N) is 3. The quantitative estimate of drug-likeness (QED) is 0.811. The van der Waals surface area contributed by atoms with Gasteiger partial charge in [0.25, 0.3) is 0 Å². The molecule has 21 heavy (non-hydrogen) atoms. The number of hydrogen-bond acceptors (Lipinski definition) is 5. The zero-order chi connectivity index (χ0) is 15.2. The first-order valence-electron chi connectivity index (χ1n) is 7.52. The Hall–Kier alpha value is -1.40. The molecule has 0 saturated carbocycles. The van der Waals surface area contributed by atoms with Crippen molar-refractivity contribution in [2.75, 3.05) is 46.4 Å². The molecule has 1 saturated heterocycles. The van der Waals surface area contributed by atoms with E-state index >= 15 is 0 Å². The highest BCUT2D eigenvalue weighted by Gasteiger charge is 2.21. The Morgan fingerprint density at radius 1 is 1.29 bits per heavy atom. The van der Waals surface area contributed by atoms with Crippen LogP contribution >= 0.6 is 0 Å². The highest BCUT2D eigenvalue weighted by molar-refractivity contribution is 5.79. The summed E-state index contributed by atoms with van der Waals surface area (Å²) in [6.45, 7) is 8.97. The van der Waals surface area contributed by atoms with Crippen molar-refractivity contribution in [3.63, 3.8) is 0 Å². The lowest BCUT2D eigenvalue weighted by Crippen LogP contribution is -2.36. The van der Waals surface area contributed by atoms with Gasteiger partial charge >= 0.3 is 0 Å². The van der Waals surface area contributed by atoms with E-state index in [1.54, 1.807) is 7.11 Å². The Labute approximate surface area is 126 Å². The molecule has 0 aromatic carbocycles. The summed E-state index contributed by atoms with van der Waals surface area (Å²) in [4.78, 5) is 16.8. The molecular formula is C15H25N3O3. The summed E-state index contributed by atoms with van der Waals surface area (Å²) in [5, 5.41) is 3.91. The highest BCUT2D eigenvalue weighted by Crippen LogP contribution is 2.15. The van der Waals surface area contributed by atoms with Crippen LogP contribution in [0.2, 0.25) is 0 Å². The molecule has 1 amide bonds. The first-order chi connectivity index (χ1) is 10.1. The maximum atomic E-state index is 12.5. The minimum absolute atomic E-state index is 0.165. The van der Waals surface area contributed by atoms with Crippen LogP contribution in [0.4, 0.5) is 0 Å². The lowest BCUT2D eigenvalue weighted by molar-refractivity contribution is -0.130. The molecule has 0 radical (unpaired) electrons. The summed E-state index contributed by atoms with van der Waals surface area (Å²) in [5.74, 6) is 0.912. The Kier molecular flexibility index (Phi) is 5.76. The molecule has 118 valence electrons. The largest absolute Gasteiger partial charge is 0.383 e. The Bertz CT molecular complexity index is 453. The van der Waals surface area contributed by atoms with E-state index < -0.39 is 0 Å². The third kappa shape index (κ3) is 4.28. The van der Waals surface area contributed by atoms with Gasteiger partial charge in [-0.1, -0.05) is 5.16 Å². The van der Waals surface area contributed by atoms with Crippen molar-refractivity contribution in [1.82, 2.24) is 15.0 Å². The molecule has 0 atom stereocenters. The Balaban J connectivity index is 1.88. The van der Waals surface area contributed by atoms with Gasteiger partial charge in [0.2, 0.25) is 5.91 Å². The summed E-state index contributed by atoms with van der Waals surface area (Å²) in [6.07, 6.45) is 1.40. The van der Waals surface area contributed by atoms with Gasteiger partial charge in [0.1, 0.15) is 5.76 Å². The van der Waals surface area contributed by atoms with Gasteiger partial charge in [-0.05, 0) is 26.8 Å². The molecule has 0 spiro atoms. The van der Waals surface area contributed by atoms with Crippen LogP contribution in [0.5, 0.6) is 0 Å². The van der Waals surface area contributed by atoms with Gasteiger partial charge < -0.3 is 14.2 Å². The molecule has 6 heteroatoms. The van der Waals surface area contributed by atoms with Gasteiger partial charge in [-0.25, -0.2) is 0 Å². The van der Waals surface area contributed by atoms with E-state index in [0.29, 0.717) is 6.42 Å². The third-order valence-corrected chi connectivity index (χ3v) is 4.06. The van der Waals surface area contributed by atoms with E-state index in [-0.39, 0.29) is 5.91 Å². The summed E-state index contributed by atoms with van der Waals surface area (Å²) < 4.78 is 10.2. The molecule has 1 aromatic heterocycles. The second-order valence-electron chi connectivity index (χ2n) is 5.55. The fourth-order valence-corrected chi connectivity index (χ4v) is 2.68. The van der Waals surface area contributed by atoms with Gasteiger partial charge in [0.05, 0.1) is 18.7 Å². The average Bonchev–Trinajstić information content (AvgIpc) is 2.70. The number of carbonyl (C=O) groups is 1. The van der Waals surface area contributed by atoms with Crippen LogP contribution in [0.25, 0.3) is 0 Å². The number of hydrogen-bond donors (Lipinski definition) is 0. The second kappa shape index (κ2) is 7.56. The molecule has 1 aliphatic rings. The van der Waals surface area contributed by atoms with Crippen molar-refractivity contribution in [3.8, 4) is 0 Å². The van der Waals surface area contributed by atoms with Gasteiger partial charge in [0, 0.05) is 38.9 Å². The first kappa shape index (κ1) is 16.0. The maximum absolute atomic E-state index is 12.5. The van der Waals surface area contributed by atoms with E-state index in [4.69, 9.17) is 9.26 Å². The lowest BCUT2D eigenvalue weighted by atomic mass is 10.1. The summed E-state index contributed by atoms with van der Waals surface area (Å²) in [6, 6.07) is 0. The molecule has 6 nitrogen and oxygen atoms in total.